The van der Waals surface area contributed by atoms with E-state index in [2.05, 4.69) is 35.9 Å². The second-order valence-electron chi connectivity index (χ2n) is 16.7. The van der Waals surface area contributed by atoms with Gasteiger partial charge in [-0.15, -0.1) is 0 Å². The molecule has 5 aliphatic carbocycles. The number of rotatable bonds is 5. The first-order valence-corrected chi connectivity index (χ1v) is 18.5. The number of nitrogens with one attached hydrogen (secondary N) is 3. The minimum atomic E-state index is 0.823. The molecular formula is C37H61N3. The Bertz CT molecular complexity index is 908. The zero-order chi connectivity index (χ0) is 26.8. The lowest BCUT2D eigenvalue weighted by Crippen LogP contribution is -2.53. The van der Waals surface area contributed by atoms with Crippen molar-refractivity contribution in [1.82, 2.24) is 16.0 Å². The predicted octanol–water partition coefficient (Wildman–Crippen LogP) is 7.18. The molecule has 0 bridgehead atoms. The molecule has 40 heavy (non-hydrogen) atoms. The summed E-state index contributed by atoms with van der Waals surface area (Å²) in [5.41, 5.74) is 1.89. The molecule has 0 spiro atoms. The van der Waals surface area contributed by atoms with Gasteiger partial charge in [-0.05, 0) is 161 Å². The molecule has 0 radical (unpaired) electrons. The highest BCUT2D eigenvalue weighted by Crippen LogP contribution is 2.55. The third-order valence-corrected chi connectivity index (χ3v) is 15.2. The molecule has 3 heterocycles. The van der Waals surface area contributed by atoms with Gasteiger partial charge in [0.15, 0.2) is 0 Å². The Morgan fingerprint density at radius 2 is 1.57 bits per heavy atom. The maximum atomic E-state index is 4.06. The van der Waals surface area contributed by atoms with E-state index < -0.39 is 0 Å². The molecule has 3 saturated heterocycles. The molecule has 0 amide bonds. The number of hydrogen-bond acceptors (Lipinski definition) is 3. The van der Waals surface area contributed by atoms with Crippen molar-refractivity contribution in [2.75, 3.05) is 19.6 Å². The SMILES string of the molecule is CC(CCC1CCC2=CCC(C3C4CCNC4CC4CCNC43)CC2C1C)C1C2CCCCC2CC2CCNC21. The van der Waals surface area contributed by atoms with E-state index in [1.807, 2.05) is 5.57 Å². The van der Waals surface area contributed by atoms with Crippen LogP contribution in [0.2, 0.25) is 0 Å². The number of allylic oxidation sites excluding steroid dienone is 2. The van der Waals surface area contributed by atoms with E-state index in [0.717, 1.165) is 89.1 Å². The van der Waals surface area contributed by atoms with Crippen LogP contribution < -0.4 is 16.0 Å². The summed E-state index contributed by atoms with van der Waals surface area (Å²) in [4.78, 5) is 0. The third kappa shape index (κ3) is 4.70. The molecule has 3 aliphatic heterocycles. The minimum absolute atomic E-state index is 0.823. The number of hydrogen-bond donors (Lipinski definition) is 3. The lowest BCUT2D eigenvalue weighted by atomic mass is 9.56. The van der Waals surface area contributed by atoms with Crippen LogP contribution in [0.15, 0.2) is 11.6 Å². The predicted molar refractivity (Wildman–Crippen MR) is 166 cm³/mol. The van der Waals surface area contributed by atoms with Gasteiger partial charge in [0, 0.05) is 18.1 Å². The van der Waals surface area contributed by atoms with Gasteiger partial charge in [0.1, 0.15) is 0 Å². The van der Waals surface area contributed by atoms with Gasteiger partial charge in [-0.1, -0.05) is 51.2 Å². The van der Waals surface area contributed by atoms with Gasteiger partial charge in [-0.2, -0.15) is 0 Å². The largest absolute Gasteiger partial charge is 0.314 e. The van der Waals surface area contributed by atoms with Crippen LogP contribution in [-0.4, -0.2) is 37.8 Å². The fourth-order valence-corrected chi connectivity index (χ4v) is 13.4. The van der Waals surface area contributed by atoms with Crippen molar-refractivity contribution >= 4 is 0 Å². The monoisotopic (exact) mass is 547 g/mol. The second-order valence-corrected chi connectivity index (χ2v) is 16.7. The topological polar surface area (TPSA) is 36.1 Å². The zero-order valence-corrected chi connectivity index (χ0v) is 26.0. The average molecular weight is 548 g/mol. The van der Waals surface area contributed by atoms with Crippen molar-refractivity contribution in [3.63, 3.8) is 0 Å². The Kier molecular flexibility index (Phi) is 7.67. The molecule has 0 aromatic carbocycles. The van der Waals surface area contributed by atoms with Crippen molar-refractivity contribution < 1.29 is 0 Å². The Hall–Kier alpha value is -0.380. The van der Waals surface area contributed by atoms with E-state index in [4.69, 9.17) is 0 Å². The van der Waals surface area contributed by atoms with E-state index in [1.165, 1.54) is 103 Å². The van der Waals surface area contributed by atoms with E-state index in [9.17, 15) is 0 Å². The van der Waals surface area contributed by atoms with Gasteiger partial charge >= 0.3 is 0 Å². The Morgan fingerprint density at radius 3 is 2.48 bits per heavy atom. The molecule has 8 aliphatic rings. The molecule has 0 aromatic heterocycles. The molecular weight excluding hydrogens is 486 g/mol. The Morgan fingerprint density at radius 1 is 0.775 bits per heavy atom. The standard InChI is InChI=1S/C37H61N3/c1-22(34-30-6-4-3-5-26(30)19-28-13-16-39-36(28)34)7-8-24-9-10-25-11-12-27(20-32(25)23(24)2)35-31-15-18-38-33(31)21-29-14-17-40-37(29)35/h11,22-24,26-40H,3-10,12-21H2,1-2H3. The molecule has 15 unspecified atom stereocenters. The van der Waals surface area contributed by atoms with Crippen LogP contribution in [-0.2, 0) is 0 Å². The second kappa shape index (κ2) is 11.3. The van der Waals surface area contributed by atoms with Crippen LogP contribution in [0.4, 0.5) is 0 Å². The smallest absolute Gasteiger partial charge is 0.0131 e. The lowest BCUT2D eigenvalue weighted by Gasteiger charge is -2.51. The highest BCUT2D eigenvalue weighted by atomic mass is 15.0. The first kappa shape index (κ1) is 27.2. The summed E-state index contributed by atoms with van der Waals surface area (Å²) in [6.07, 6.45) is 25.0. The molecule has 224 valence electrons. The van der Waals surface area contributed by atoms with Crippen LogP contribution in [0.3, 0.4) is 0 Å². The molecule has 7 fully saturated rings. The Labute approximate surface area is 246 Å². The highest BCUT2D eigenvalue weighted by Gasteiger charge is 2.52. The average Bonchev–Trinajstić information content (AvgIpc) is 3.75. The van der Waals surface area contributed by atoms with Crippen LogP contribution in [0.25, 0.3) is 0 Å². The van der Waals surface area contributed by atoms with Gasteiger partial charge in [0.25, 0.3) is 0 Å². The van der Waals surface area contributed by atoms with Crippen LogP contribution in [0, 0.1) is 71.0 Å². The van der Waals surface area contributed by atoms with E-state index in [-0.39, 0.29) is 0 Å². The first-order chi connectivity index (χ1) is 19.7. The van der Waals surface area contributed by atoms with Crippen LogP contribution in [0.5, 0.6) is 0 Å². The van der Waals surface area contributed by atoms with Crippen molar-refractivity contribution in [3.05, 3.63) is 11.6 Å². The van der Waals surface area contributed by atoms with Gasteiger partial charge < -0.3 is 16.0 Å². The summed E-state index contributed by atoms with van der Waals surface area (Å²) in [6, 6.07) is 2.50. The van der Waals surface area contributed by atoms with Crippen molar-refractivity contribution in [2.24, 2.45) is 71.0 Å². The van der Waals surface area contributed by atoms with Crippen LogP contribution >= 0.6 is 0 Å². The van der Waals surface area contributed by atoms with Gasteiger partial charge in [-0.3, -0.25) is 0 Å². The summed E-state index contributed by atoms with van der Waals surface area (Å²) < 4.78 is 0. The molecule has 3 nitrogen and oxygen atoms in total. The van der Waals surface area contributed by atoms with E-state index >= 15 is 0 Å². The normalized spacial score (nSPS) is 52.6. The molecule has 15 atom stereocenters. The maximum absolute atomic E-state index is 4.06. The molecule has 3 heteroatoms. The van der Waals surface area contributed by atoms with Crippen molar-refractivity contribution in [1.29, 1.82) is 0 Å². The first-order valence-electron chi connectivity index (χ1n) is 18.5. The van der Waals surface area contributed by atoms with Gasteiger partial charge in [0.2, 0.25) is 0 Å². The maximum Gasteiger partial charge on any atom is 0.0131 e. The van der Waals surface area contributed by atoms with E-state index in [0.29, 0.717) is 0 Å². The van der Waals surface area contributed by atoms with Gasteiger partial charge in [-0.25, -0.2) is 0 Å². The molecule has 3 N–H and O–H groups in total. The summed E-state index contributed by atoms with van der Waals surface area (Å²) in [5.74, 6) is 11.4. The third-order valence-electron chi connectivity index (χ3n) is 15.2. The summed E-state index contributed by atoms with van der Waals surface area (Å²) >= 11 is 0. The molecule has 4 saturated carbocycles. The number of fused-ring (bicyclic) bond motifs is 5. The lowest BCUT2D eigenvalue weighted by molar-refractivity contribution is 0.0147. The summed E-state index contributed by atoms with van der Waals surface area (Å²) in [5, 5.41) is 12.1. The Balaban J connectivity index is 0.934. The summed E-state index contributed by atoms with van der Waals surface area (Å²) in [6.45, 7) is 9.23. The van der Waals surface area contributed by atoms with Gasteiger partial charge in [0.05, 0.1) is 0 Å². The van der Waals surface area contributed by atoms with Crippen LogP contribution in [0.1, 0.15) is 110 Å². The van der Waals surface area contributed by atoms with Crippen molar-refractivity contribution in [2.45, 2.75) is 128 Å². The fraction of sp³-hybridized carbons (Fsp3) is 0.946. The quantitative estimate of drug-likeness (QED) is 0.319. The highest BCUT2D eigenvalue weighted by molar-refractivity contribution is 5.18. The molecule has 8 rings (SSSR count). The fourth-order valence-electron chi connectivity index (χ4n) is 13.4. The molecule has 0 aromatic rings. The van der Waals surface area contributed by atoms with E-state index in [1.54, 1.807) is 12.8 Å². The zero-order valence-electron chi connectivity index (χ0n) is 26.0. The van der Waals surface area contributed by atoms with Crippen molar-refractivity contribution in [3.8, 4) is 0 Å². The summed E-state index contributed by atoms with van der Waals surface area (Å²) in [7, 11) is 0. The minimum Gasteiger partial charge on any atom is -0.314 e.